The van der Waals surface area contributed by atoms with Crippen molar-refractivity contribution in [1.82, 2.24) is 10.6 Å². The molecule has 7 heteroatoms. The van der Waals surface area contributed by atoms with E-state index in [1.165, 1.54) is 6.08 Å². The van der Waals surface area contributed by atoms with Gasteiger partial charge in [-0.2, -0.15) is 0 Å². The van der Waals surface area contributed by atoms with Gasteiger partial charge in [-0.3, -0.25) is 14.9 Å². The highest BCUT2D eigenvalue weighted by Gasteiger charge is 2.20. The Morgan fingerprint density at radius 2 is 1.81 bits per heavy atom. The Kier molecular flexibility index (Phi) is 9.61. The van der Waals surface area contributed by atoms with Crippen molar-refractivity contribution in [2.75, 3.05) is 17.6 Å². The van der Waals surface area contributed by atoms with Crippen molar-refractivity contribution in [3.05, 3.63) is 127 Å². The lowest BCUT2D eigenvalue weighted by atomic mass is 10.0. The fourth-order valence-electron chi connectivity index (χ4n) is 3.38. The van der Waals surface area contributed by atoms with Crippen LogP contribution < -0.4 is 21.7 Å². The zero-order valence-electron chi connectivity index (χ0n) is 19.9. The standard InChI is InChI=1S/C29H30N4O3/c1-3-8-21(4-2)19-32-29(35)28(31-20-24-9-7-18-36-24)23-15-12-22(13-16-23)14-17-27(34)33-26-11-6-5-10-25(26)30/h3-18,28,31H,1-2,19-20,30H2,(H,32,35)(H,33,34)/b17-14+,21-8+. The summed E-state index contributed by atoms with van der Waals surface area (Å²) >= 11 is 0. The van der Waals surface area contributed by atoms with Crippen molar-refractivity contribution in [3.8, 4) is 0 Å². The number of anilines is 2. The summed E-state index contributed by atoms with van der Waals surface area (Å²) in [5.74, 6) is 0.234. The zero-order chi connectivity index (χ0) is 25.8. The van der Waals surface area contributed by atoms with Crippen molar-refractivity contribution < 1.29 is 14.0 Å². The number of rotatable bonds is 12. The van der Waals surface area contributed by atoms with Crippen LogP contribution in [0.4, 0.5) is 11.4 Å². The van der Waals surface area contributed by atoms with E-state index in [-0.39, 0.29) is 11.8 Å². The first kappa shape index (κ1) is 26.0. The number of nitrogen functional groups attached to an aromatic ring is 1. The number of nitrogens with one attached hydrogen (secondary N) is 3. The Balaban J connectivity index is 1.69. The fourth-order valence-corrected chi connectivity index (χ4v) is 3.38. The van der Waals surface area contributed by atoms with E-state index in [0.717, 1.165) is 22.5 Å². The van der Waals surface area contributed by atoms with Gasteiger partial charge in [-0.05, 0) is 47.0 Å². The number of carbonyl (C=O) groups excluding carboxylic acids is 2. The highest BCUT2D eigenvalue weighted by Crippen LogP contribution is 2.18. The van der Waals surface area contributed by atoms with Crippen LogP contribution in [0.3, 0.4) is 0 Å². The number of nitrogens with two attached hydrogens (primary N) is 1. The molecule has 0 aliphatic carbocycles. The molecule has 5 N–H and O–H groups in total. The molecule has 0 radical (unpaired) electrons. The van der Waals surface area contributed by atoms with Gasteiger partial charge in [-0.15, -0.1) is 0 Å². The average molecular weight is 483 g/mol. The summed E-state index contributed by atoms with van der Waals surface area (Å²) in [5, 5.41) is 8.93. The molecule has 0 aliphatic rings. The Hall–Kier alpha value is -4.62. The molecule has 7 nitrogen and oxygen atoms in total. The van der Waals surface area contributed by atoms with Gasteiger partial charge in [-0.1, -0.05) is 67.8 Å². The van der Waals surface area contributed by atoms with Crippen molar-refractivity contribution >= 4 is 29.3 Å². The second-order valence-electron chi connectivity index (χ2n) is 7.87. The summed E-state index contributed by atoms with van der Waals surface area (Å²) in [7, 11) is 0. The number of allylic oxidation sites excluding steroid dienone is 2. The normalized spacial score (nSPS) is 12.2. The lowest BCUT2D eigenvalue weighted by Crippen LogP contribution is -2.38. The minimum atomic E-state index is -0.618. The SMILES string of the molecule is C=C/C=C(\C=C)CNC(=O)C(NCc1ccco1)c1ccc(/C=C/C(=O)Nc2ccccc2N)cc1. The molecule has 1 heterocycles. The predicted molar refractivity (Wildman–Crippen MR) is 145 cm³/mol. The molecular weight excluding hydrogens is 452 g/mol. The van der Waals surface area contributed by atoms with Crippen LogP contribution in [0.15, 0.2) is 114 Å². The molecule has 2 aromatic carbocycles. The summed E-state index contributed by atoms with van der Waals surface area (Å²) < 4.78 is 5.39. The van der Waals surface area contributed by atoms with E-state index in [9.17, 15) is 9.59 Å². The Labute approximate surface area is 211 Å². The summed E-state index contributed by atoms with van der Waals surface area (Å²) in [6.45, 7) is 8.15. The van der Waals surface area contributed by atoms with Crippen LogP contribution in [-0.2, 0) is 16.1 Å². The topological polar surface area (TPSA) is 109 Å². The molecule has 0 saturated carbocycles. The monoisotopic (exact) mass is 482 g/mol. The molecule has 1 unspecified atom stereocenters. The molecule has 0 aliphatic heterocycles. The molecule has 3 rings (SSSR count). The number of carbonyl (C=O) groups is 2. The molecule has 36 heavy (non-hydrogen) atoms. The maximum atomic E-state index is 13.1. The van der Waals surface area contributed by atoms with Gasteiger partial charge in [0.25, 0.3) is 0 Å². The lowest BCUT2D eigenvalue weighted by molar-refractivity contribution is -0.123. The second kappa shape index (κ2) is 13.3. The van der Waals surface area contributed by atoms with Crippen LogP contribution in [-0.4, -0.2) is 18.4 Å². The molecule has 1 atom stereocenters. The lowest BCUT2D eigenvalue weighted by Gasteiger charge is -2.19. The largest absolute Gasteiger partial charge is 0.468 e. The molecule has 0 bridgehead atoms. The third-order valence-electron chi connectivity index (χ3n) is 5.30. The number of furan rings is 1. The molecular formula is C29H30N4O3. The number of hydrogen-bond acceptors (Lipinski definition) is 5. The smallest absolute Gasteiger partial charge is 0.248 e. The van der Waals surface area contributed by atoms with Crippen LogP contribution in [0.25, 0.3) is 6.08 Å². The average Bonchev–Trinajstić information content (AvgIpc) is 3.41. The number of benzene rings is 2. The van der Waals surface area contributed by atoms with Gasteiger partial charge in [0, 0.05) is 12.6 Å². The first-order chi connectivity index (χ1) is 17.5. The Morgan fingerprint density at radius 1 is 1.03 bits per heavy atom. The minimum Gasteiger partial charge on any atom is -0.468 e. The zero-order valence-corrected chi connectivity index (χ0v) is 19.9. The number of amides is 2. The van der Waals surface area contributed by atoms with E-state index in [1.54, 1.807) is 60.9 Å². The van der Waals surface area contributed by atoms with Gasteiger partial charge >= 0.3 is 0 Å². The van der Waals surface area contributed by atoms with Gasteiger partial charge in [0.1, 0.15) is 11.8 Å². The molecule has 1 aromatic heterocycles. The molecule has 0 fully saturated rings. The number of para-hydroxylation sites is 2. The third-order valence-corrected chi connectivity index (χ3v) is 5.30. The molecule has 2 amide bonds. The van der Waals surface area contributed by atoms with E-state index in [1.807, 2.05) is 30.3 Å². The van der Waals surface area contributed by atoms with Gasteiger partial charge < -0.3 is 20.8 Å². The van der Waals surface area contributed by atoms with E-state index in [2.05, 4.69) is 29.1 Å². The van der Waals surface area contributed by atoms with Crippen LogP contribution in [0.5, 0.6) is 0 Å². The van der Waals surface area contributed by atoms with E-state index in [0.29, 0.717) is 24.5 Å². The van der Waals surface area contributed by atoms with E-state index >= 15 is 0 Å². The summed E-state index contributed by atoms with van der Waals surface area (Å²) in [6, 6.07) is 17.5. The highest BCUT2D eigenvalue weighted by atomic mass is 16.3. The van der Waals surface area contributed by atoms with Crippen LogP contribution in [0.2, 0.25) is 0 Å². The van der Waals surface area contributed by atoms with Crippen LogP contribution in [0, 0.1) is 0 Å². The fraction of sp³-hybridized carbons (Fsp3) is 0.103. The summed E-state index contributed by atoms with van der Waals surface area (Å²) in [6.07, 6.45) is 9.84. The summed E-state index contributed by atoms with van der Waals surface area (Å²) in [4.78, 5) is 25.3. The van der Waals surface area contributed by atoms with Crippen LogP contribution in [0.1, 0.15) is 22.9 Å². The Morgan fingerprint density at radius 3 is 2.47 bits per heavy atom. The maximum Gasteiger partial charge on any atom is 0.248 e. The van der Waals surface area contributed by atoms with Gasteiger partial charge in [0.05, 0.1) is 24.2 Å². The molecule has 0 spiro atoms. The van der Waals surface area contributed by atoms with E-state index in [4.69, 9.17) is 10.2 Å². The third kappa shape index (κ3) is 7.72. The maximum absolute atomic E-state index is 13.1. The predicted octanol–water partition coefficient (Wildman–Crippen LogP) is 4.76. The quantitative estimate of drug-likeness (QED) is 0.169. The minimum absolute atomic E-state index is 0.193. The first-order valence-corrected chi connectivity index (χ1v) is 11.4. The van der Waals surface area contributed by atoms with Crippen molar-refractivity contribution in [2.24, 2.45) is 0 Å². The van der Waals surface area contributed by atoms with Gasteiger partial charge in [-0.25, -0.2) is 0 Å². The molecule has 3 aromatic rings. The molecule has 0 saturated heterocycles. The van der Waals surface area contributed by atoms with Gasteiger partial charge in [0.15, 0.2) is 0 Å². The van der Waals surface area contributed by atoms with Crippen molar-refractivity contribution in [3.63, 3.8) is 0 Å². The first-order valence-electron chi connectivity index (χ1n) is 11.4. The van der Waals surface area contributed by atoms with Crippen molar-refractivity contribution in [1.29, 1.82) is 0 Å². The van der Waals surface area contributed by atoms with Crippen LogP contribution >= 0.6 is 0 Å². The summed E-state index contributed by atoms with van der Waals surface area (Å²) in [5.41, 5.74) is 9.34. The van der Waals surface area contributed by atoms with E-state index < -0.39 is 6.04 Å². The second-order valence-corrected chi connectivity index (χ2v) is 7.87. The number of hydrogen-bond donors (Lipinski definition) is 4. The highest BCUT2D eigenvalue weighted by molar-refractivity contribution is 6.03. The van der Waals surface area contributed by atoms with Gasteiger partial charge in [0.2, 0.25) is 11.8 Å². The molecule has 184 valence electrons. The Bertz CT molecular complexity index is 1240. The van der Waals surface area contributed by atoms with Crippen molar-refractivity contribution in [2.45, 2.75) is 12.6 Å².